The summed E-state index contributed by atoms with van der Waals surface area (Å²) in [5.41, 5.74) is 0.377. The molecule has 0 aliphatic carbocycles. The molecule has 2 amide bonds. The van der Waals surface area contributed by atoms with Crippen LogP contribution in [-0.2, 0) is 9.59 Å². The van der Waals surface area contributed by atoms with Crippen LogP contribution in [0, 0.1) is 5.82 Å². The quantitative estimate of drug-likeness (QED) is 0.527. The summed E-state index contributed by atoms with van der Waals surface area (Å²) >= 11 is 0. The molecule has 1 aliphatic rings. The van der Waals surface area contributed by atoms with Crippen molar-refractivity contribution in [2.45, 2.75) is 19.8 Å². The molecule has 7 nitrogen and oxygen atoms in total. The number of aliphatic imine (C=N–C) groups is 1. The lowest BCUT2D eigenvalue weighted by Gasteiger charge is -2.17. The van der Waals surface area contributed by atoms with Gasteiger partial charge < -0.3 is 20.9 Å². The van der Waals surface area contributed by atoms with E-state index in [1.807, 2.05) is 11.8 Å². The van der Waals surface area contributed by atoms with Crippen LogP contribution >= 0.6 is 0 Å². The van der Waals surface area contributed by atoms with Crippen molar-refractivity contribution in [1.29, 1.82) is 0 Å². The van der Waals surface area contributed by atoms with Crippen molar-refractivity contribution < 1.29 is 14.0 Å². The Morgan fingerprint density at radius 1 is 1.24 bits per heavy atom. The van der Waals surface area contributed by atoms with Gasteiger partial charge in [0.15, 0.2) is 5.96 Å². The molecule has 0 aromatic heterocycles. The molecule has 1 aliphatic heterocycles. The van der Waals surface area contributed by atoms with Crippen LogP contribution in [0.3, 0.4) is 0 Å². The Morgan fingerprint density at radius 2 is 2.00 bits per heavy atom. The van der Waals surface area contributed by atoms with Crippen LogP contribution in [0.15, 0.2) is 29.3 Å². The highest BCUT2D eigenvalue weighted by molar-refractivity contribution is 5.94. The van der Waals surface area contributed by atoms with E-state index in [4.69, 9.17) is 0 Å². The van der Waals surface area contributed by atoms with Crippen molar-refractivity contribution in [1.82, 2.24) is 15.5 Å². The number of likely N-dealkylation sites (tertiary alicyclic amines) is 1. The average molecular weight is 349 g/mol. The molecule has 0 bridgehead atoms. The molecule has 1 saturated heterocycles. The maximum atomic E-state index is 13.1. The molecule has 0 atom stereocenters. The Morgan fingerprint density at radius 3 is 2.68 bits per heavy atom. The highest BCUT2D eigenvalue weighted by Crippen LogP contribution is 2.08. The fraction of sp³-hybridized carbons (Fsp3) is 0.471. The van der Waals surface area contributed by atoms with Crippen molar-refractivity contribution in [2.24, 2.45) is 4.99 Å². The van der Waals surface area contributed by atoms with Crippen LogP contribution in [0.4, 0.5) is 10.1 Å². The Labute approximate surface area is 146 Å². The minimum Gasteiger partial charge on any atom is -0.357 e. The predicted octanol–water partition coefficient (Wildman–Crippen LogP) is 0.942. The summed E-state index contributed by atoms with van der Waals surface area (Å²) < 4.78 is 13.1. The molecule has 1 fully saturated rings. The number of nitrogens with zero attached hydrogens (tertiary/aromatic N) is 2. The summed E-state index contributed by atoms with van der Waals surface area (Å²) in [4.78, 5) is 29.9. The van der Waals surface area contributed by atoms with Gasteiger partial charge in [-0.15, -0.1) is 0 Å². The standard InChI is InChI=1S/C17H24FN5O2/c1-2-19-17(21-12-16(25)23-8-3-4-9-23)20-11-15(24)22-14-7-5-6-13(18)10-14/h5-7,10H,2-4,8-9,11-12H2,1H3,(H,22,24)(H2,19,20,21). The third-order valence-electron chi connectivity index (χ3n) is 3.70. The highest BCUT2D eigenvalue weighted by Gasteiger charge is 2.17. The Bertz CT molecular complexity index is 629. The van der Waals surface area contributed by atoms with Crippen molar-refractivity contribution in [3.63, 3.8) is 0 Å². The predicted molar refractivity (Wildman–Crippen MR) is 94.8 cm³/mol. The number of guanidine groups is 1. The van der Waals surface area contributed by atoms with E-state index in [1.54, 1.807) is 6.07 Å². The van der Waals surface area contributed by atoms with Crippen molar-refractivity contribution >= 4 is 23.5 Å². The van der Waals surface area contributed by atoms with Crippen molar-refractivity contribution in [2.75, 3.05) is 38.0 Å². The SMILES string of the molecule is CCNC(=NCC(=O)Nc1cccc(F)c1)NCC(=O)N1CCCC1. The lowest BCUT2D eigenvalue weighted by Crippen LogP contribution is -2.44. The number of anilines is 1. The number of hydrogen-bond donors (Lipinski definition) is 3. The van der Waals surface area contributed by atoms with Crippen LogP contribution in [0.25, 0.3) is 0 Å². The first-order valence-electron chi connectivity index (χ1n) is 8.44. The van der Waals surface area contributed by atoms with E-state index in [0.29, 0.717) is 18.2 Å². The minimum absolute atomic E-state index is 0.0207. The number of amides is 2. The molecule has 3 N–H and O–H groups in total. The second kappa shape index (κ2) is 9.61. The molecule has 0 radical (unpaired) electrons. The van der Waals surface area contributed by atoms with Gasteiger partial charge >= 0.3 is 0 Å². The number of benzene rings is 1. The molecule has 25 heavy (non-hydrogen) atoms. The van der Waals surface area contributed by atoms with E-state index >= 15 is 0 Å². The lowest BCUT2D eigenvalue weighted by atomic mass is 10.3. The summed E-state index contributed by atoms with van der Waals surface area (Å²) in [6.07, 6.45) is 2.08. The van der Waals surface area contributed by atoms with Gasteiger partial charge in [0.05, 0.1) is 6.54 Å². The zero-order valence-electron chi connectivity index (χ0n) is 14.3. The molecule has 1 aromatic carbocycles. The second-order valence-corrected chi connectivity index (χ2v) is 5.70. The molecule has 1 heterocycles. The summed E-state index contributed by atoms with van der Waals surface area (Å²) in [6.45, 7) is 4.09. The van der Waals surface area contributed by atoms with Gasteiger partial charge in [-0.1, -0.05) is 6.07 Å². The smallest absolute Gasteiger partial charge is 0.246 e. The minimum atomic E-state index is -0.420. The molecule has 2 rings (SSSR count). The number of carbonyl (C=O) groups is 2. The summed E-state index contributed by atoms with van der Waals surface area (Å²) in [5.74, 6) is -0.373. The molecular formula is C17H24FN5O2. The third-order valence-corrected chi connectivity index (χ3v) is 3.70. The normalized spacial score (nSPS) is 14.3. The van der Waals surface area contributed by atoms with Crippen molar-refractivity contribution in [3.05, 3.63) is 30.1 Å². The van der Waals surface area contributed by atoms with Crippen molar-refractivity contribution in [3.8, 4) is 0 Å². The topological polar surface area (TPSA) is 85.8 Å². The molecular weight excluding hydrogens is 325 g/mol. The highest BCUT2D eigenvalue weighted by atomic mass is 19.1. The molecule has 0 saturated carbocycles. The summed E-state index contributed by atoms with van der Waals surface area (Å²) in [6, 6.07) is 5.66. The van der Waals surface area contributed by atoms with Gasteiger partial charge in [-0.3, -0.25) is 9.59 Å². The number of carbonyl (C=O) groups excluding carboxylic acids is 2. The third kappa shape index (κ3) is 6.40. The zero-order valence-corrected chi connectivity index (χ0v) is 14.3. The first kappa shape index (κ1) is 18.7. The average Bonchev–Trinajstić information content (AvgIpc) is 3.12. The Kier molecular flexibility index (Phi) is 7.18. The first-order valence-corrected chi connectivity index (χ1v) is 8.44. The Hall–Kier alpha value is -2.64. The van der Waals surface area contributed by atoms with Gasteiger partial charge in [0, 0.05) is 25.3 Å². The number of rotatable bonds is 6. The van der Waals surface area contributed by atoms with Gasteiger partial charge in [-0.2, -0.15) is 0 Å². The maximum Gasteiger partial charge on any atom is 0.246 e. The van der Waals surface area contributed by atoms with Gasteiger partial charge in [0.25, 0.3) is 0 Å². The van der Waals surface area contributed by atoms with E-state index in [2.05, 4.69) is 20.9 Å². The molecule has 8 heteroatoms. The monoisotopic (exact) mass is 349 g/mol. The van der Waals surface area contributed by atoms with E-state index < -0.39 is 5.82 Å². The number of halogens is 1. The van der Waals surface area contributed by atoms with Crippen LogP contribution < -0.4 is 16.0 Å². The molecule has 1 aromatic rings. The van der Waals surface area contributed by atoms with E-state index in [1.165, 1.54) is 18.2 Å². The summed E-state index contributed by atoms with van der Waals surface area (Å²) in [5, 5.41) is 8.49. The van der Waals surface area contributed by atoms with Gasteiger partial charge in [0.2, 0.25) is 11.8 Å². The number of hydrogen-bond acceptors (Lipinski definition) is 3. The number of nitrogens with one attached hydrogen (secondary N) is 3. The van der Waals surface area contributed by atoms with Gasteiger partial charge in [-0.25, -0.2) is 9.38 Å². The molecule has 0 unspecified atom stereocenters. The largest absolute Gasteiger partial charge is 0.357 e. The zero-order chi connectivity index (χ0) is 18.1. The van der Waals surface area contributed by atoms with Crippen LogP contribution in [-0.4, -0.2) is 55.4 Å². The molecule has 136 valence electrons. The molecule has 0 spiro atoms. The van der Waals surface area contributed by atoms with Crippen LogP contribution in [0.5, 0.6) is 0 Å². The maximum absolute atomic E-state index is 13.1. The van der Waals surface area contributed by atoms with Crippen LogP contribution in [0.2, 0.25) is 0 Å². The summed E-state index contributed by atoms with van der Waals surface area (Å²) in [7, 11) is 0. The fourth-order valence-corrected chi connectivity index (χ4v) is 2.50. The van der Waals surface area contributed by atoms with E-state index in [9.17, 15) is 14.0 Å². The Balaban J connectivity index is 1.83. The van der Waals surface area contributed by atoms with Gasteiger partial charge in [0.1, 0.15) is 12.4 Å². The fourth-order valence-electron chi connectivity index (χ4n) is 2.50. The van der Waals surface area contributed by atoms with E-state index in [-0.39, 0.29) is 24.9 Å². The van der Waals surface area contributed by atoms with Gasteiger partial charge in [-0.05, 0) is 38.0 Å². The lowest BCUT2D eigenvalue weighted by molar-refractivity contribution is -0.128. The second-order valence-electron chi connectivity index (χ2n) is 5.70. The first-order chi connectivity index (χ1) is 12.1. The van der Waals surface area contributed by atoms with E-state index in [0.717, 1.165) is 25.9 Å². The van der Waals surface area contributed by atoms with Crippen LogP contribution in [0.1, 0.15) is 19.8 Å².